The van der Waals surface area contributed by atoms with Gasteiger partial charge in [0, 0.05) is 0 Å². The lowest BCUT2D eigenvalue weighted by Crippen LogP contribution is -2.09. The van der Waals surface area contributed by atoms with Crippen molar-refractivity contribution in [1.82, 2.24) is 0 Å². The summed E-state index contributed by atoms with van der Waals surface area (Å²) in [5.74, 6) is 5.79. The van der Waals surface area contributed by atoms with Gasteiger partial charge in [0.05, 0.1) is 12.3 Å². The highest BCUT2D eigenvalue weighted by molar-refractivity contribution is 5.63. The molecule has 0 aromatic heterocycles. The lowest BCUT2D eigenvalue weighted by atomic mass is 10.2. The largest absolute Gasteiger partial charge is 0.492 e. The van der Waals surface area contributed by atoms with Gasteiger partial charge in [-0.3, -0.25) is 5.84 Å². The molecule has 68 valence electrons. The first kappa shape index (κ1) is 9.36. The summed E-state index contributed by atoms with van der Waals surface area (Å²) in [5, 5.41) is 8.83. The van der Waals surface area contributed by atoms with Crippen molar-refractivity contribution < 1.29 is 4.74 Å². The molecule has 0 aliphatic rings. The molecule has 0 aliphatic heterocycles. The van der Waals surface area contributed by atoms with Crippen LogP contribution in [0.2, 0.25) is 0 Å². The van der Waals surface area contributed by atoms with E-state index in [1.807, 2.05) is 13.0 Å². The Hall–Kier alpha value is -1.73. The van der Waals surface area contributed by atoms with Crippen molar-refractivity contribution in [2.24, 2.45) is 5.84 Å². The number of nitrogen functional groups attached to an aromatic ring is 1. The van der Waals surface area contributed by atoms with Crippen LogP contribution in [-0.4, -0.2) is 6.61 Å². The standard InChI is InChI=1S/C9H11N3O/c1-2-13-9-5-3-4-8(12-11)7(9)6-10/h3-5,12H,2,11H2,1H3. The van der Waals surface area contributed by atoms with Crippen molar-refractivity contribution in [3.05, 3.63) is 23.8 Å². The van der Waals surface area contributed by atoms with Gasteiger partial charge in [-0.15, -0.1) is 0 Å². The lowest BCUT2D eigenvalue weighted by Gasteiger charge is -2.08. The zero-order chi connectivity index (χ0) is 9.68. The molecule has 3 N–H and O–H groups in total. The summed E-state index contributed by atoms with van der Waals surface area (Å²) in [6.45, 7) is 2.40. The maximum atomic E-state index is 8.83. The molecule has 4 heteroatoms. The first-order chi connectivity index (χ1) is 6.33. The van der Waals surface area contributed by atoms with Crippen molar-refractivity contribution in [2.75, 3.05) is 12.0 Å². The minimum Gasteiger partial charge on any atom is -0.492 e. The second-order valence-electron chi connectivity index (χ2n) is 2.37. The van der Waals surface area contributed by atoms with E-state index in [-0.39, 0.29) is 0 Å². The van der Waals surface area contributed by atoms with Crippen LogP contribution in [0, 0.1) is 11.3 Å². The summed E-state index contributed by atoms with van der Waals surface area (Å²) < 4.78 is 5.25. The Morgan fingerprint density at radius 3 is 2.92 bits per heavy atom. The van der Waals surface area contributed by atoms with Crippen molar-refractivity contribution in [2.45, 2.75) is 6.92 Å². The van der Waals surface area contributed by atoms with Gasteiger partial charge in [0.25, 0.3) is 0 Å². The Morgan fingerprint density at radius 2 is 2.38 bits per heavy atom. The molecule has 4 nitrogen and oxygen atoms in total. The molecule has 0 fully saturated rings. The van der Waals surface area contributed by atoms with Crippen molar-refractivity contribution in [3.63, 3.8) is 0 Å². The van der Waals surface area contributed by atoms with Crippen LogP contribution in [-0.2, 0) is 0 Å². The van der Waals surface area contributed by atoms with Gasteiger partial charge in [-0.05, 0) is 19.1 Å². The fourth-order valence-electron chi connectivity index (χ4n) is 1.04. The van der Waals surface area contributed by atoms with Crippen LogP contribution in [0.3, 0.4) is 0 Å². The number of nitrogens with two attached hydrogens (primary N) is 1. The SMILES string of the molecule is CCOc1cccc(NN)c1C#N. The number of ether oxygens (including phenoxy) is 1. The van der Waals surface area contributed by atoms with Crippen LogP contribution in [0.4, 0.5) is 5.69 Å². The summed E-state index contributed by atoms with van der Waals surface area (Å²) in [5.41, 5.74) is 3.46. The number of nitrogens with zero attached hydrogens (tertiary/aromatic N) is 1. The van der Waals surface area contributed by atoms with E-state index in [0.29, 0.717) is 23.6 Å². The number of benzene rings is 1. The van der Waals surface area contributed by atoms with E-state index >= 15 is 0 Å². The van der Waals surface area contributed by atoms with Crippen LogP contribution in [0.1, 0.15) is 12.5 Å². The Balaban J connectivity index is 3.13. The van der Waals surface area contributed by atoms with E-state index < -0.39 is 0 Å². The maximum absolute atomic E-state index is 8.83. The molecule has 0 aliphatic carbocycles. The third-order valence-electron chi connectivity index (χ3n) is 1.59. The number of anilines is 1. The minimum atomic E-state index is 0.437. The lowest BCUT2D eigenvalue weighted by molar-refractivity contribution is 0.339. The quantitative estimate of drug-likeness (QED) is 0.538. The zero-order valence-electron chi connectivity index (χ0n) is 7.37. The number of hydrogen-bond acceptors (Lipinski definition) is 4. The first-order valence-corrected chi connectivity index (χ1v) is 3.96. The molecule has 0 bridgehead atoms. The van der Waals surface area contributed by atoms with Gasteiger partial charge in [0.15, 0.2) is 0 Å². The van der Waals surface area contributed by atoms with Gasteiger partial charge >= 0.3 is 0 Å². The van der Waals surface area contributed by atoms with Gasteiger partial charge in [-0.1, -0.05) is 6.07 Å². The Kier molecular flexibility index (Phi) is 3.12. The van der Waals surface area contributed by atoms with E-state index in [1.54, 1.807) is 18.2 Å². The number of hydrazine groups is 1. The molecule has 0 radical (unpaired) electrons. The highest BCUT2D eigenvalue weighted by Gasteiger charge is 2.06. The van der Waals surface area contributed by atoms with Crippen LogP contribution in [0.25, 0.3) is 0 Å². The van der Waals surface area contributed by atoms with Gasteiger partial charge in [-0.25, -0.2) is 0 Å². The summed E-state index contributed by atoms with van der Waals surface area (Å²) >= 11 is 0. The summed E-state index contributed by atoms with van der Waals surface area (Å²) in [6, 6.07) is 7.27. The third kappa shape index (κ3) is 1.89. The van der Waals surface area contributed by atoms with Crippen LogP contribution < -0.4 is 16.0 Å². The van der Waals surface area contributed by atoms with Crippen molar-refractivity contribution in [3.8, 4) is 11.8 Å². The van der Waals surface area contributed by atoms with Crippen LogP contribution >= 0.6 is 0 Å². The predicted octanol–water partition coefficient (Wildman–Crippen LogP) is 1.24. The molecule has 0 heterocycles. The molecule has 1 aromatic carbocycles. The predicted molar refractivity (Wildman–Crippen MR) is 50.1 cm³/mol. The molecule has 13 heavy (non-hydrogen) atoms. The third-order valence-corrected chi connectivity index (χ3v) is 1.59. The molecule has 1 rings (SSSR count). The second-order valence-corrected chi connectivity index (χ2v) is 2.37. The molecule has 0 saturated carbocycles. The fourth-order valence-corrected chi connectivity index (χ4v) is 1.04. The van der Waals surface area contributed by atoms with E-state index in [1.165, 1.54) is 0 Å². The maximum Gasteiger partial charge on any atom is 0.139 e. The van der Waals surface area contributed by atoms with Gasteiger partial charge < -0.3 is 10.2 Å². The van der Waals surface area contributed by atoms with E-state index in [0.717, 1.165) is 0 Å². The number of nitrogens with one attached hydrogen (secondary N) is 1. The first-order valence-electron chi connectivity index (χ1n) is 3.96. The summed E-state index contributed by atoms with van der Waals surface area (Å²) in [4.78, 5) is 0. The zero-order valence-corrected chi connectivity index (χ0v) is 7.37. The van der Waals surface area contributed by atoms with Crippen molar-refractivity contribution >= 4 is 5.69 Å². The highest BCUT2D eigenvalue weighted by Crippen LogP contribution is 2.24. The van der Waals surface area contributed by atoms with E-state index in [9.17, 15) is 0 Å². The molecule has 0 amide bonds. The molecule has 0 spiro atoms. The van der Waals surface area contributed by atoms with Gasteiger partial charge in [0.2, 0.25) is 0 Å². The number of nitriles is 1. The Labute approximate surface area is 76.9 Å². The van der Waals surface area contributed by atoms with Gasteiger partial charge in [-0.2, -0.15) is 5.26 Å². The minimum absolute atomic E-state index is 0.437. The van der Waals surface area contributed by atoms with Gasteiger partial charge in [0.1, 0.15) is 17.4 Å². The Bertz CT molecular complexity index is 330. The Morgan fingerprint density at radius 1 is 1.62 bits per heavy atom. The van der Waals surface area contributed by atoms with Crippen molar-refractivity contribution in [1.29, 1.82) is 5.26 Å². The van der Waals surface area contributed by atoms with E-state index in [4.69, 9.17) is 15.8 Å². The summed E-state index contributed by atoms with van der Waals surface area (Å²) in [6.07, 6.45) is 0. The summed E-state index contributed by atoms with van der Waals surface area (Å²) in [7, 11) is 0. The number of rotatable bonds is 3. The van der Waals surface area contributed by atoms with E-state index in [2.05, 4.69) is 5.43 Å². The van der Waals surface area contributed by atoms with Crippen LogP contribution in [0.5, 0.6) is 5.75 Å². The number of hydrogen-bond donors (Lipinski definition) is 2. The molecule has 1 aromatic rings. The topological polar surface area (TPSA) is 71.1 Å². The highest BCUT2D eigenvalue weighted by atomic mass is 16.5. The molecule has 0 unspecified atom stereocenters. The molecule has 0 saturated heterocycles. The molecular formula is C9H11N3O. The van der Waals surface area contributed by atoms with Crippen LogP contribution in [0.15, 0.2) is 18.2 Å². The fraction of sp³-hybridized carbons (Fsp3) is 0.222. The normalized spacial score (nSPS) is 9.00. The molecule has 0 atom stereocenters. The average molecular weight is 177 g/mol. The second kappa shape index (κ2) is 4.33. The monoisotopic (exact) mass is 177 g/mol. The average Bonchev–Trinajstić information content (AvgIpc) is 2.18. The smallest absolute Gasteiger partial charge is 0.139 e. The molecular weight excluding hydrogens is 166 g/mol.